The molecular formula is C32H28BrF3N4O4S. The van der Waals surface area contributed by atoms with Crippen LogP contribution in [0.15, 0.2) is 71.2 Å². The minimum absolute atomic E-state index is 0.00297. The molecule has 45 heavy (non-hydrogen) atoms. The van der Waals surface area contributed by atoms with Crippen molar-refractivity contribution in [1.29, 1.82) is 0 Å². The van der Waals surface area contributed by atoms with Crippen molar-refractivity contribution in [2.45, 2.75) is 44.8 Å². The summed E-state index contributed by atoms with van der Waals surface area (Å²) in [5, 5.41) is 14.2. The van der Waals surface area contributed by atoms with Crippen molar-refractivity contribution < 1.29 is 32.7 Å². The number of fused-ring (bicyclic) bond motifs is 1. The summed E-state index contributed by atoms with van der Waals surface area (Å²) >= 11 is 4.04. The Bertz CT molecular complexity index is 1760. The Kier molecular flexibility index (Phi) is 9.88. The zero-order valence-corrected chi connectivity index (χ0v) is 26.2. The monoisotopic (exact) mass is 700 g/mol. The fraction of sp³-hybridized carbons (Fsp3) is 0.250. The number of thiazole rings is 1. The molecule has 1 heterocycles. The molecule has 0 atom stereocenters. The van der Waals surface area contributed by atoms with Crippen molar-refractivity contribution in [2.75, 3.05) is 16.8 Å². The standard InChI is InChI=1S/C32H28BrF3N4O4S/c33-25-17-27-26(16-24(25)32(34,35)36)38-30(45-27)39-31(44)40(23-12-10-21(11-13-23)20-4-2-1-3-5-20)18-19-6-8-22(9-7-19)29(43)37-15-14-28(41)42/h4,6-13,16-17H,1-3,5,14-15,18H2,(H,37,43)(H,41,42)(H,38,39,44). The molecule has 13 heteroatoms. The van der Waals surface area contributed by atoms with Crippen molar-refractivity contribution in [3.05, 3.63) is 93.5 Å². The van der Waals surface area contributed by atoms with Gasteiger partial charge in [-0.2, -0.15) is 13.2 Å². The van der Waals surface area contributed by atoms with Crippen LogP contribution in [0.2, 0.25) is 0 Å². The molecule has 0 unspecified atom stereocenters. The summed E-state index contributed by atoms with van der Waals surface area (Å²) in [7, 11) is 0. The summed E-state index contributed by atoms with van der Waals surface area (Å²) in [5.41, 5.74) is 3.23. The van der Waals surface area contributed by atoms with E-state index in [1.54, 1.807) is 24.3 Å². The maximum absolute atomic E-state index is 13.7. The first kappa shape index (κ1) is 32.2. The van der Waals surface area contributed by atoms with Gasteiger partial charge < -0.3 is 10.4 Å². The Balaban J connectivity index is 1.39. The normalized spacial score (nSPS) is 13.3. The number of amides is 3. The van der Waals surface area contributed by atoms with Gasteiger partial charge in [-0.15, -0.1) is 0 Å². The fourth-order valence-electron chi connectivity index (χ4n) is 4.94. The van der Waals surface area contributed by atoms with E-state index in [1.807, 2.05) is 24.3 Å². The average molecular weight is 702 g/mol. The molecule has 4 aromatic rings. The molecule has 3 aromatic carbocycles. The van der Waals surface area contributed by atoms with Gasteiger partial charge in [-0.05, 0) is 78.8 Å². The number of aromatic nitrogens is 1. The highest BCUT2D eigenvalue weighted by Crippen LogP contribution is 2.39. The lowest BCUT2D eigenvalue weighted by molar-refractivity contribution is -0.138. The van der Waals surface area contributed by atoms with Gasteiger partial charge in [-0.25, -0.2) is 9.78 Å². The SMILES string of the molecule is O=C(O)CCNC(=O)c1ccc(CN(C(=O)Nc2nc3cc(C(F)(F)F)c(Br)cc3s2)c2ccc(C3=CCCCC3)cc2)cc1. The van der Waals surface area contributed by atoms with Gasteiger partial charge >= 0.3 is 18.2 Å². The summed E-state index contributed by atoms with van der Waals surface area (Å²) < 4.78 is 40.6. The number of rotatable bonds is 9. The van der Waals surface area contributed by atoms with Crippen LogP contribution in [0.1, 0.15) is 59.2 Å². The lowest BCUT2D eigenvalue weighted by Gasteiger charge is -2.23. The molecule has 0 spiro atoms. The maximum atomic E-state index is 13.7. The van der Waals surface area contributed by atoms with Crippen molar-refractivity contribution in [2.24, 2.45) is 0 Å². The number of nitrogens with one attached hydrogen (secondary N) is 2. The minimum atomic E-state index is -4.56. The van der Waals surface area contributed by atoms with E-state index in [2.05, 4.69) is 37.6 Å². The second kappa shape index (κ2) is 13.8. The molecule has 0 fully saturated rings. The van der Waals surface area contributed by atoms with Gasteiger partial charge in [0.2, 0.25) is 0 Å². The van der Waals surface area contributed by atoms with E-state index in [1.165, 1.54) is 23.0 Å². The van der Waals surface area contributed by atoms with Crippen LogP contribution in [0, 0.1) is 0 Å². The summed E-state index contributed by atoms with van der Waals surface area (Å²) in [6.45, 7) is 0.112. The van der Waals surface area contributed by atoms with Crippen molar-refractivity contribution >= 4 is 71.8 Å². The summed E-state index contributed by atoms with van der Waals surface area (Å²) in [4.78, 5) is 42.5. The number of nitrogens with zero attached hydrogens (tertiary/aromatic N) is 2. The molecule has 8 nitrogen and oxygen atoms in total. The lowest BCUT2D eigenvalue weighted by Crippen LogP contribution is -2.34. The van der Waals surface area contributed by atoms with Crippen LogP contribution < -0.4 is 15.5 Å². The van der Waals surface area contributed by atoms with Gasteiger partial charge in [0.05, 0.1) is 28.7 Å². The molecule has 1 aromatic heterocycles. The molecule has 0 aliphatic heterocycles. The second-order valence-electron chi connectivity index (χ2n) is 10.5. The van der Waals surface area contributed by atoms with E-state index < -0.39 is 29.6 Å². The highest BCUT2D eigenvalue weighted by atomic mass is 79.9. The first-order valence-corrected chi connectivity index (χ1v) is 15.7. The van der Waals surface area contributed by atoms with Crippen LogP contribution in [0.4, 0.5) is 28.8 Å². The number of carboxylic acids is 1. The average Bonchev–Trinajstić information content (AvgIpc) is 3.40. The number of carboxylic acid groups (broad SMARTS) is 1. The van der Waals surface area contributed by atoms with E-state index in [0.29, 0.717) is 21.5 Å². The molecule has 1 aliphatic carbocycles. The highest BCUT2D eigenvalue weighted by Gasteiger charge is 2.33. The zero-order chi connectivity index (χ0) is 32.1. The van der Waals surface area contributed by atoms with Gasteiger partial charge in [-0.3, -0.25) is 19.8 Å². The predicted octanol–water partition coefficient (Wildman–Crippen LogP) is 8.48. The summed E-state index contributed by atoms with van der Waals surface area (Å²) in [6.07, 6.45) is 1.78. The molecular weight excluding hydrogens is 673 g/mol. The summed E-state index contributed by atoms with van der Waals surface area (Å²) in [6, 6.07) is 15.9. The number of benzene rings is 3. The van der Waals surface area contributed by atoms with Crippen LogP contribution in [-0.4, -0.2) is 34.5 Å². The Morgan fingerprint density at radius 3 is 2.40 bits per heavy atom. The third kappa shape index (κ3) is 8.08. The number of urea groups is 1. The fourth-order valence-corrected chi connectivity index (χ4v) is 6.54. The van der Waals surface area contributed by atoms with Crippen LogP contribution in [0.5, 0.6) is 0 Å². The van der Waals surface area contributed by atoms with E-state index >= 15 is 0 Å². The van der Waals surface area contributed by atoms with E-state index in [-0.39, 0.29) is 34.6 Å². The maximum Gasteiger partial charge on any atom is 0.417 e. The van der Waals surface area contributed by atoms with Gasteiger partial charge in [0.25, 0.3) is 5.91 Å². The number of hydrogen-bond acceptors (Lipinski definition) is 5. The molecule has 0 bridgehead atoms. The van der Waals surface area contributed by atoms with Crippen molar-refractivity contribution in [3.63, 3.8) is 0 Å². The highest BCUT2D eigenvalue weighted by molar-refractivity contribution is 9.10. The number of anilines is 2. The third-order valence-corrected chi connectivity index (χ3v) is 8.85. The van der Waals surface area contributed by atoms with E-state index in [9.17, 15) is 27.6 Å². The number of allylic oxidation sites excluding steroid dienone is 2. The van der Waals surface area contributed by atoms with Crippen molar-refractivity contribution in [1.82, 2.24) is 10.3 Å². The minimum Gasteiger partial charge on any atom is -0.481 e. The summed E-state index contributed by atoms with van der Waals surface area (Å²) in [5.74, 6) is -1.43. The molecule has 3 N–H and O–H groups in total. The first-order chi connectivity index (χ1) is 21.5. The number of alkyl halides is 3. The van der Waals surface area contributed by atoms with Crippen LogP contribution in [0.25, 0.3) is 15.8 Å². The largest absolute Gasteiger partial charge is 0.481 e. The number of hydrogen-bond donors (Lipinski definition) is 3. The zero-order valence-electron chi connectivity index (χ0n) is 23.8. The number of carbonyl (C=O) groups excluding carboxylic acids is 2. The number of carbonyl (C=O) groups is 3. The second-order valence-corrected chi connectivity index (χ2v) is 12.3. The van der Waals surface area contributed by atoms with E-state index in [0.717, 1.165) is 42.2 Å². The Labute approximate surface area is 269 Å². The van der Waals surface area contributed by atoms with Crippen LogP contribution in [0.3, 0.4) is 0 Å². The molecule has 5 rings (SSSR count). The quantitative estimate of drug-likeness (QED) is 0.162. The molecule has 234 valence electrons. The van der Waals surface area contributed by atoms with Crippen LogP contribution >= 0.6 is 27.3 Å². The first-order valence-electron chi connectivity index (χ1n) is 14.1. The Morgan fingerprint density at radius 2 is 1.76 bits per heavy atom. The molecule has 0 radical (unpaired) electrons. The molecule has 0 saturated carbocycles. The van der Waals surface area contributed by atoms with E-state index in [4.69, 9.17) is 5.11 Å². The van der Waals surface area contributed by atoms with Gasteiger partial charge in [-0.1, -0.05) is 57.6 Å². The Morgan fingerprint density at radius 1 is 1.02 bits per heavy atom. The third-order valence-electron chi connectivity index (χ3n) is 7.26. The smallest absolute Gasteiger partial charge is 0.417 e. The van der Waals surface area contributed by atoms with Crippen LogP contribution in [-0.2, 0) is 17.5 Å². The topological polar surface area (TPSA) is 112 Å². The van der Waals surface area contributed by atoms with Gasteiger partial charge in [0.1, 0.15) is 0 Å². The molecule has 1 aliphatic rings. The molecule has 3 amide bonds. The molecule has 0 saturated heterocycles. The van der Waals surface area contributed by atoms with Gasteiger partial charge in [0.15, 0.2) is 5.13 Å². The van der Waals surface area contributed by atoms with Crippen molar-refractivity contribution in [3.8, 4) is 0 Å². The van der Waals surface area contributed by atoms with Gasteiger partial charge in [0, 0.05) is 22.3 Å². The lowest BCUT2D eigenvalue weighted by atomic mass is 9.93. The number of halogens is 4. The number of aliphatic carboxylic acids is 1. The Hall–Kier alpha value is -4.23. The predicted molar refractivity (Wildman–Crippen MR) is 171 cm³/mol.